The van der Waals surface area contributed by atoms with E-state index < -0.39 is 4.31 Å². The minimum atomic E-state index is -0.429. The molecule has 0 bridgehead atoms. The Morgan fingerprint density at radius 3 is 2.21 bits per heavy atom. The van der Waals surface area contributed by atoms with Gasteiger partial charge >= 0.3 is 152 Å². The average molecular weight is 389 g/mol. The van der Waals surface area contributed by atoms with Crippen molar-refractivity contribution in [3.05, 3.63) is 66.2 Å². The first-order valence-corrected chi connectivity index (χ1v) is 10.4. The first-order valence-electron chi connectivity index (χ1n) is 8.65. The van der Waals surface area contributed by atoms with Crippen molar-refractivity contribution in [2.75, 3.05) is 6.61 Å². The minimum absolute atomic E-state index is 0.0333. The summed E-state index contributed by atoms with van der Waals surface area (Å²) in [6, 6.07) is 20.7. The molecule has 0 aliphatic heterocycles. The Morgan fingerprint density at radius 2 is 1.62 bits per heavy atom. The van der Waals surface area contributed by atoms with E-state index in [1.165, 1.54) is 10.0 Å². The molecule has 128 valence electrons. The quantitative estimate of drug-likeness (QED) is 0.475. The van der Waals surface area contributed by atoms with Crippen LogP contribution in [0.15, 0.2) is 60.7 Å². The fourth-order valence-electron chi connectivity index (χ4n) is 2.76. The van der Waals surface area contributed by atoms with Gasteiger partial charge in [0.25, 0.3) is 0 Å². The number of carbonyl (C=O) groups is 1. The van der Waals surface area contributed by atoms with E-state index in [0.717, 1.165) is 25.7 Å². The Balaban J connectivity index is 2.35. The molecule has 0 aromatic heterocycles. The fourth-order valence-corrected chi connectivity index (χ4v) is 5.63. The third-order valence-electron chi connectivity index (χ3n) is 3.97. The zero-order chi connectivity index (χ0) is 17.3. The zero-order valence-electron chi connectivity index (χ0n) is 14.5. The number of hydrogen-bond donors (Lipinski definition) is 0. The van der Waals surface area contributed by atoms with Gasteiger partial charge in [0.15, 0.2) is 0 Å². The SMILES string of the molecule is CCCCC(Cc1ccccc1)([Se]c1ccccc1)C(=O)OCC. The summed E-state index contributed by atoms with van der Waals surface area (Å²) in [5.74, 6) is -0.0360. The first-order chi connectivity index (χ1) is 11.7. The molecule has 0 aliphatic rings. The number of carbonyl (C=O) groups excluding carboxylic acids is 1. The van der Waals surface area contributed by atoms with Crippen LogP contribution in [0.3, 0.4) is 0 Å². The molecular weight excluding hydrogens is 363 g/mol. The molecule has 3 heteroatoms. The Labute approximate surface area is 151 Å². The van der Waals surface area contributed by atoms with Gasteiger partial charge in [0.2, 0.25) is 0 Å². The van der Waals surface area contributed by atoms with Crippen molar-refractivity contribution in [1.82, 2.24) is 0 Å². The molecule has 2 aromatic carbocycles. The Kier molecular flexibility index (Phi) is 7.55. The van der Waals surface area contributed by atoms with E-state index in [1.54, 1.807) is 0 Å². The van der Waals surface area contributed by atoms with Crippen molar-refractivity contribution in [2.24, 2.45) is 0 Å². The molecule has 0 aliphatic carbocycles. The molecule has 2 rings (SSSR count). The van der Waals surface area contributed by atoms with Gasteiger partial charge in [0.05, 0.1) is 0 Å². The second-order valence-corrected chi connectivity index (χ2v) is 8.95. The molecule has 0 radical (unpaired) electrons. The van der Waals surface area contributed by atoms with Crippen LogP contribution in [0.5, 0.6) is 0 Å². The van der Waals surface area contributed by atoms with Gasteiger partial charge in [-0.25, -0.2) is 0 Å². The van der Waals surface area contributed by atoms with Crippen molar-refractivity contribution in [1.29, 1.82) is 0 Å². The van der Waals surface area contributed by atoms with E-state index >= 15 is 0 Å². The summed E-state index contributed by atoms with van der Waals surface area (Å²) in [7, 11) is 0. The summed E-state index contributed by atoms with van der Waals surface area (Å²) in [5.41, 5.74) is 1.21. The predicted molar refractivity (Wildman–Crippen MR) is 101 cm³/mol. The topological polar surface area (TPSA) is 26.3 Å². The van der Waals surface area contributed by atoms with Gasteiger partial charge in [-0.2, -0.15) is 0 Å². The van der Waals surface area contributed by atoms with Crippen LogP contribution in [0.25, 0.3) is 0 Å². The molecule has 2 nitrogen and oxygen atoms in total. The summed E-state index contributed by atoms with van der Waals surface area (Å²) in [6.45, 7) is 4.50. The first kappa shape index (κ1) is 18.8. The monoisotopic (exact) mass is 390 g/mol. The number of ether oxygens (including phenoxy) is 1. The van der Waals surface area contributed by atoms with Crippen LogP contribution in [0, 0.1) is 0 Å². The molecule has 0 N–H and O–H groups in total. The van der Waals surface area contributed by atoms with Gasteiger partial charge in [-0.1, -0.05) is 0 Å². The van der Waals surface area contributed by atoms with Gasteiger partial charge in [-0.05, 0) is 0 Å². The molecule has 0 amide bonds. The van der Waals surface area contributed by atoms with Crippen LogP contribution in [-0.4, -0.2) is 27.5 Å². The third-order valence-corrected chi connectivity index (χ3v) is 6.94. The Bertz CT molecular complexity index is 569. The number of hydrogen-bond acceptors (Lipinski definition) is 2. The van der Waals surface area contributed by atoms with Crippen LogP contribution in [-0.2, 0) is 16.0 Å². The molecule has 0 spiro atoms. The Morgan fingerprint density at radius 1 is 1.00 bits per heavy atom. The van der Waals surface area contributed by atoms with Gasteiger partial charge in [0.1, 0.15) is 0 Å². The summed E-state index contributed by atoms with van der Waals surface area (Å²) in [5, 5.41) is 0. The number of rotatable bonds is 9. The maximum atomic E-state index is 13.0. The van der Waals surface area contributed by atoms with Crippen LogP contribution in [0.4, 0.5) is 0 Å². The number of esters is 1. The molecule has 0 saturated carbocycles. The predicted octanol–water partition coefficient (Wildman–Crippen LogP) is 4.17. The molecule has 0 heterocycles. The van der Waals surface area contributed by atoms with Crippen LogP contribution >= 0.6 is 0 Å². The van der Waals surface area contributed by atoms with E-state index in [2.05, 4.69) is 43.3 Å². The van der Waals surface area contributed by atoms with Crippen LogP contribution in [0.1, 0.15) is 38.7 Å². The van der Waals surface area contributed by atoms with Gasteiger partial charge in [0, 0.05) is 0 Å². The van der Waals surface area contributed by atoms with E-state index in [4.69, 9.17) is 4.74 Å². The molecule has 0 saturated heterocycles. The maximum absolute atomic E-state index is 13.0. The van der Waals surface area contributed by atoms with Gasteiger partial charge in [-0.15, -0.1) is 0 Å². The van der Waals surface area contributed by atoms with Crippen molar-refractivity contribution in [2.45, 2.75) is 43.8 Å². The molecule has 1 unspecified atom stereocenters. The molecule has 24 heavy (non-hydrogen) atoms. The van der Waals surface area contributed by atoms with E-state index in [-0.39, 0.29) is 20.9 Å². The number of benzene rings is 2. The van der Waals surface area contributed by atoms with Crippen molar-refractivity contribution in [3.8, 4) is 0 Å². The van der Waals surface area contributed by atoms with Crippen molar-refractivity contribution in [3.63, 3.8) is 0 Å². The fraction of sp³-hybridized carbons (Fsp3) is 0.381. The second-order valence-electron chi connectivity index (χ2n) is 5.90. The molecule has 2 aromatic rings. The molecule has 0 fully saturated rings. The summed E-state index contributed by atoms with van der Waals surface area (Å²) in [6.07, 6.45) is 3.76. The summed E-state index contributed by atoms with van der Waals surface area (Å²) < 4.78 is 6.35. The second kappa shape index (κ2) is 9.66. The number of unbranched alkanes of at least 4 members (excludes halogenated alkanes) is 1. The summed E-state index contributed by atoms with van der Waals surface area (Å²) in [4.78, 5) is 13.0. The van der Waals surface area contributed by atoms with E-state index in [9.17, 15) is 4.79 Å². The van der Waals surface area contributed by atoms with E-state index in [0.29, 0.717) is 6.61 Å². The summed E-state index contributed by atoms with van der Waals surface area (Å²) >= 11 is 0.0333. The molecular formula is C21H26O2Se. The Hall–Kier alpha value is -1.57. The van der Waals surface area contributed by atoms with Crippen molar-refractivity contribution >= 4 is 25.4 Å². The van der Waals surface area contributed by atoms with E-state index in [1.807, 2.05) is 31.2 Å². The third kappa shape index (κ3) is 5.22. The standard InChI is InChI=1S/C21H26O2Se/c1-3-5-16-21(20(22)23-4-2,17-18-12-8-6-9-13-18)24-19-14-10-7-11-15-19/h6-15H,3-5,16-17H2,1-2H3. The zero-order valence-corrected chi connectivity index (χ0v) is 16.2. The van der Waals surface area contributed by atoms with Crippen molar-refractivity contribution < 1.29 is 9.53 Å². The molecule has 1 atom stereocenters. The van der Waals surface area contributed by atoms with Crippen LogP contribution < -0.4 is 4.46 Å². The van der Waals surface area contributed by atoms with Crippen LogP contribution in [0.2, 0.25) is 4.31 Å². The average Bonchev–Trinajstić information content (AvgIpc) is 2.61. The normalized spacial score (nSPS) is 13.2. The van der Waals surface area contributed by atoms with Gasteiger partial charge < -0.3 is 0 Å². The van der Waals surface area contributed by atoms with Gasteiger partial charge in [-0.3, -0.25) is 0 Å².